The van der Waals surface area contributed by atoms with E-state index in [9.17, 15) is 14.9 Å². The highest BCUT2D eigenvalue weighted by atomic mass is 16.6. The molecule has 1 amide bonds. The summed E-state index contributed by atoms with van der Waals surface area (Å²) in [5.74, 6) is -0.375. The van der Waals surface area contributed by atoms with Crippen molar-refractivity contribution in [1.29, 1.82) is 0 Å². The van der Waals surface area contributed by atoms with Gasteiger partial charge in [-0.2, -0.15) is 10.2 Å². The maximum Gasteiger partial charge on any atom is 0.322 e. The lowest BCUT2D eigenvalue weighted by Gasteiger charge is -2.34. The molecule has 2 aromatic heterocycles. The van der Waals surface area contributed by atoms with Gasteiger partial charge in [0.05, 0.1) is 10.6 Å². The molecule has 1 fully saturated rings. The molecule has 0 unspecified atom stereocenters. The second-order valence-electron chi connectivity index (χ2n) is 6.83. The van der Waals surface area contributed by atoms with Crippen molar-refractivity contribution in [2.24, 2.45) is 7.05 Å². The Labute approximate surface area is 157 Å². The number of carbonyl (C=O) groups is 1. The summed E-state index contributed by atoms with van der Waals surface area (Å²) in [4.78, 5) is 27.5. The van der Waals surface area contributed by atoms with Crippen LogP contribution in [-0.2, 0) is 20.1 Å². The minimum absolute atomic E-state index is 0.0754. The summed E-state index contributed by atoms with van der Waals surface area (Å²) in [6, 6.07) is 0. The molecule has 3 rings (SSSR count). The molecule has 0 bridgehead atoms. The number of carbonyl (C=O) groups excluding carboxylic acids is 1. The minimum atomic E-state index is -0.528. The molecule has 1 aliphatic heterocycles. The standard InChI is InChI=1S/C17H25N7O3/c1-5-23-11-14(12(2)18-23)10-21-6-8-22(9-7-21)17(25)15-16(24(26)27)13(3)20(4)19-15/h11H,5-10H2,1-4H3. The van der Waals surface area contributed by atoms with Crippen molar-refractivity contribution < 1.29 is 9.72 Å². The number of rotatable bonds is 5. The van der Waals surface area contributed by atoms with Crippen LogP contribution in [0.15, 0.2) is 6.20 Å². The topological polar surface area (TPSA) is 102 Å². The number of nitro groups is 1. The summed E-state index contributed by atoms with van der Waals surface area (Å²) in [5, 5.41) is 19.9. The predicted octanol–water partition coefficient (Wildman–Crippen LogP) is 1.12. The largest absolute Gasteiger partial charge is 0.334 e. The summed E-state index contributed by atoms with van der Waals surface area (Å²) in [6.07, 6.45) is 2.06. The third-order valence-corrected chi connectivity index (χ3v) is 5.11. The molecular weight excluding hydrogens is 350 g/mol. The SMILES string of the molecule is CCn1cc(CN2CCN(C(=O)c3nn(C)c(C)c3[N+](=O)[O-])CC2)c(C)n1. The van der Waals surface area contributed by atoms with Crippen molar-refractivity contribution in [3.05, 3.63) is 39.0 Å². The van der Waals surface area contributed by atoms with Gasteiger partial charge in [-0.1, -0.05) is 0 Å². The van der Waals surface area contributed by atoms with Gasteiger partial charge < -0.3 is 4.90 Å². The lowest BCUT2D eigenvalue weighted by Crippen LogP contribution is -2.48. The molecule has 1 aliphatic rings. The molecule has 10 nitrogen and oxygen atoms in total. The molecule has 2 aromatic rings. The van der Waals surface area contributed by atoms with Crippen LogP contribution >= 0.6 is 0 Å². The third-order valence-electron chi connectivity index (χ3n) is 5.11. The molecule has 3 heterocycles. The first-order chi connectivity index (χ1) is 12.8. The zero-order chi connectivity index (χ0) is 19.7. The highest BCUT2D eigenvalue weighted by Crippen LogP contribution is 2.24. The number of piperazine rings is 1. The molecule has 27 heavy (non-hydrogen) atoms. The van der Waals surface area contributed by atoms with Crippen molar-refractivity contribution in [2.45, 2.75) is 33.9 Å². The van der Waals surface area contributed by atoms with Crippen molar-refractivity contribution in [1.82, 2.24) is 29.4 Å². The maximum atomic E-state index is 12.8. The van der Waals surface area contributed by atoms with Gasteiger partial charge in [0.15, 0.2) is 0 Å². The van der Waals surface area contributed by atoms with Gasteiger partial charge in [0.25, 0.3) is 5.91 Å². The second-order valence-corrected chi connectivity index (χ2v) is 6.83. The van der Waals surface area contributed by atoms with E-state index in [0.29, 0.717) is 31.9 Å². The molecule has 0 atom stereocenters. The zero-order valence-corrected chi connectivity index (χ0v) is 16.2. The van der Waals surface area contributed by atoms with Crippen LogP contribution in [0.3, 0.4) is 0 Å². The van der Waals surface area contributed by atoms with Gasteiger partial charge in [-0.05, 0) is 20.8 Å². The molecule has 0 aromatic carbocycles. The fourth-order valence-corrected chi connectivity index (χ4v) is 3.34. The molecule has 0 aliphatic carbocycles. The Kier molecular flexibility index (Phi) is 5.26. The number of hydrogen-bond donors (Lipinski definition) is 0. The zero-order valence-electron chi connectivity index (χ0n) is 16.2. The van der Waals surface area contributed by atoms with E-state index < -0.39 is 4.92 Å². The average molecular weight is 375 g/mol. The number of hydrogen-bond acceptors (Lipinski definition) is 6. The predicted molar refractivity (Wildman–Crippen MR) is 98.4 cm³/mol. The van der Waals surface area contributed by atoms with Crippen LogP contribution in [0.4, 0.5) is 5.69 Å². The van der Waals surface area contributed by atoms with Gasteiger partial charge >= 0.3 is 5.69 Å². The first-order valence-electron chi connectivity index (χ1n) is 9.04. The van der Waals surface area contributed by atoms with Crippen molar-refractivity contribution in [3.8, 4) is 0 Å². The van der Waals surface area contributed by atoms with Crippen molar-refractivity contribution in [2.75, 3.05) is 26.2 Å². The van der Waals surface area contributed by atoms with Crippen LogP contribution in [0.25, 0.3) is 0 Å². The Morgan fingerprint density at radius 3 is 2.44 bits per heavy atom. The normalized spacial score (nSPS) is 15.3. The van der Waals surface area contributed by atoms with E-state index in [-0.39, 0.29) is 17.3 Å². The Morgan fingerprint density at radius 2 is 1.89 bits per heavy atom. The Hall–Kier alpha value is -2.75. The van der Waals surface area contributed by atoms with Gasteiger partial charge in [0.1, 0.15) is 5.69 Å². The van der Waals surface area contributed by atoms with Crippen LogP contribution in [0.1, 0.15) is 34.4 Å². The second kappa shape index (κ2) is 7.47. The Bertz CT molecular complexity index is 862. The first kappa shape index (κ1) is 19.0. The van der Waals surface area contributed by atoms with Gasteiger partial charge in [-0.15, -0.1) is 0 Å². The number of aromatic nitrogens is 4. The summed E-state index contributed by atoms with van der Waals surface area (Å²) in [5.41, 5.74) is 2.31. The van der Waals surface area contributed by atoms with Crippen molar-refractivity contribution in [3.63, 3.8) is 0 Å². The smallest absolute Gasteiger partial charge is 0.322 e. The number of amides is 1. The molecule has 0 radical (unpaired) electrons. The molecule has 1 saturated heterocycles. The lowest BCUT2D eigenvalue weighted by atomic mass is 10.2. The highest BCUT2D eigenvalue weighted by Gasteiger charge is 2.33. The summed E-state index contributed by atoms with van der Waals surface area (Å²) in [6.45, 7) is 9.74. The third kappa shape index (κ3) is 3.70. The highest BCUT2D eigenvalue weighted by molar-refractivity contribution is 5.96. The van der Waals surface area contributed by atoms with Crippen LogP contribution in [-0.4, -0.2) is 66.4 Å². The van der Waals surface area contributed by atoms with Crippen LogP contribution < -0.4 is 0 Å². The van der Waals surface area contributed by atoms with Crippen LogP contribution in [0, 0.1) is 24.0 Å². The van der Waals surface area contributed by atoms with E-state index in [2.05, 4.69) is 28.2 Å². The first-order valence-corrected chi connectivity index (χ1v) is 9.04. The Balaban J connectivity index is 1.65. The van der Waals surface area contributed by atoms with E-state index in [1.165, 1.54) is 10.2 Å². The fourth-order valence-electron chi connectivity index (χ4n) is 3.34. The average Bonchev–Trinajstić information content (AvgIpc) is 3.15. The molecule has 146 valence electrons. The summed E-state index contributed by atoms with van der Waals surface area (Å²) >= 11 is 0. The molecule has 0 N–H and O–H groups in total. The summed E-state index contributed by atoms with van der Waals surface area (Å²) in [7, 11) is 1.61. The van der Waals surface area contributed by atoms with E-state index in [0.717, 1.165) is 18.8 Å². The summed E-state index contributed by atoms with van der Waals surface area (Å²) < 4.78 is 3.31. The lowest BCUT2D eigenvalue weighted by molar-refractivity contribution is -0.385. The van der Waals surface area contributed by atoms with Gasteiger partial charge in [-0.3, -0.25) is 29.2 Å². The van der Waals surface area contributed by atoms with Crippen molar-refractivity contribution >= 4 is 11.6 Å². The van der Waals surface area contributed by atoms with Gasteiger partial charge in [0.2, 0.25) is 5.69 Å². The number of nitrogens with zero attached hydrogens (tertiary/aromatic N) is 7. The van der Waals surface area contributed by atoms with Gasteiger partial charge in [0, 0.05) is 58.1 Å². The monoisotopic (exact) mass is 375 g/mol. The fraction of sp³-hybridized carbons (Fsp3) is 0.588. The van der Waals surface area contributed by atoms with Crippen LogP contribution in [0.2, 0.25) is 0 Å². The minimum Gasteiger partial charge on any atom is -0.334 e. The molecule has 0 saturated carbocycles. The molecular formula is C17H25N7O3. The Morgan fingerprint density at radius 1 is 1.22 bits per heavy atom. The van der Waals surface area contributed by atoms with Gasteiger partial charge in [-0.25, -0.2) is 0 Å². The number of aryl methyl sites for hydroxylation is 3. The van der Waals surface area contributed by atoms with Crippen LogP contribution in [0.5, 0.6) is 0 Å². The quantitative estimate of drug-likeness (QED) is 0.573. The van der Waals surface area contributed by atoms with E-state index >= 15 is 0 Å². The molecule has 10 heteroatoms. The van der Waals surface area contributed by atoms with E-state index in [1.54, 1.807) is 18.9 Å². The van der Waals surface area contributed by atoms with E-state index in [1.807, 2.05) is 11.6 Å². The molecule has 0 spiro atoms. The van der Waals surface area contributed by atoms with E-state index in [4.69, 9.17) is 0 Å². The maximum absolute atomic E-state index is 12.8.